The lowest BCUT2D eigenvalue weighted by atomic mass is 9.97. The van der Waals surface area contributed by atoms with Crippen molar-refractivity contribution < 1.29 is 23.5 Å². The van der Waals surface area contributed by atoms with Crippen LogP contribution in [0.2, 0.25) is 18.1 Å². The smallest absolute Gasteiger partial charge is 0.303 e. The van der Waals surface area contributed by atoms with Crippen LogP contribution in [0.1, 0.15) is 60.3 Å². The Bertz CT molecular complexity index is 504. The van der Waals surface area contributed by atoms with Gasteiger partial charge in [0.2, 0.25) is 0 Å². The van der Waals surface area contributed by atoms with Crippen LogP contribution in [0.3, 0.4) is 0 Å². The monoisotopic (exact) mass is 388 g/mol. The average molecular weight is 389 g/mol. The van der Waals surface area contributed by atoms with Gasteiger partial charge < -0.3 is 13.9 Å². The van der Waals surface area contributed by atoms with Crippen molar-refractivity contribution in [3.8, 4) is 0 Å². The SMILES string of the molecule is CC(=O)OC1C[C@]2(CCCC2O[Si](C)(C)C(C)(C)C)SC1OC(C)=O. The van der Waals surface area contributed by atoms with Gasteiger partial charge in [-0.15, -0.1) is 11.8 Å². The minimum Gasteiger partial charge on any atom is -0.458 e. The van der Waals surface area contributed by atoms with Gasteiger partial charge in [-0.1, -0.05) is 20.8 Å². The van der Waals surface area contributed by atoms with Crippen LogP contribution >= 0.6 is 11.8 Å². The third-order valence-electron chi connectivity index (χ3n) is 5.70. The molecule has 0 bridgehead atoms. The van der Waals surface area contributed by atoms with Gasteiger partial charge in [-0.3, -0.25) is 9.59 Å². The third-order valence-corrected chi connectivity index (χ3v) is 11.9. The zero-order valence-electron chi connectivity index (χ0n) is 16.5. The van der Waals surface area contributed by atoms with Gasteiger partial charge in [0, 0.05) is 25.0 Å². The number of carbonyl (C=O) groups is 2. The number of esters is 2. The molecule has 3 unspecified atom stereocenters. The molecule has 2 rings (SSSR count). The molecule has 2 aliphatic rings. The summed E-state index contributed by atoms with van der Waals surface area (Å²) in [5.74, 6) is -0.675. The summed E-state index contributed by atoms with van der Waals surface area (Å²) < 4.78 is 17.6. The Labute approximate surface area is 156 Å². The molecule has 1 aliphatic carbocycles. The van der Waals surface area contributed by atoms with E-state index in [4.69, 9.17) is 13.9 Å². The summed E-state index contributed by atoms with van der Waals surface area (Å²) in [5, 5.41) is 0.143. The van der Waals surface area contributed by atoms with E-state index in [9.17, 15) is 9.59 Å². The fourth-order valence-electron chi connectivity index (χ4n) is 3.44. The van der Waals surface area contributed by atoms with Crippen LogP contribution in [0, 0.1) is 0 Å². The number of carbonyl (C=O) groups excluding carboxylic acids is 2. The van der Waals surface area contributed by atoms with E-state index in [0.717, 1.165) is 19.3 Å². The highest BCUT2D eigenvalue weighted by molar-refractivity contribution is 8.01. The summed E-state index contributed by atoms with van der Waals surface area (Å²) in [7, 11) is -1.90. The summed E-state index contributed by atoms with van der Waals surface area (Å²) in [4.78, 5) is 23.0. The van der Waals surface area contributed by atoms with Crippen LogP contribution in [-0.2, 0) is 23.5 Å². The Morgan fingerprint density at radius 2 is 1.72 bits per heavy atom. The van der Waals surface area contributed by atoms with E-state index in [1.165, 1.54) is 13.8 Å². The van der Waals surface area contributed by atoms with Gasteiger partial charge in [0.1, 0.15) is 6.10 Å². The standard InChI is InChI=1S/C18H32O5SSi/c1-12(19)21-14-11-18(24-16(14)22-13(2)20)10-8-9-15(18)23-25(6,7)17(3,4)5/h14-16H,8-11H2,1-7H3/t14?,15?,16?,18-/m0/s1. The van der Waals surface area contributed by atoms with Crippen LogP contribution in [0.4, 0.5) is 0 Å². The molecule has 1 saturated carbocycles. The second kappa shape index (κ2) is 7.23. The van der Waals surface area contributed by atoms with E-state index >= 15 is 0 Å². The summed E-state index contributed by atoms with van der Waals surface area (Å²) in [5.41, 5.74) is -0.440. The van der Waals surface area contributed by atoms with Gasteiger partial charge in [-0.25, -0.2) is 0 Å². The average Bonchev–Trinajstić information content (AvgIpc) is 2.92. The largest absolute Gasteiger partial charge is 0.458 e. The molecule has 1 aliphatic heterocycles. The summed E-state index contributed by atoms with van der Waals surface area (Å²) in [6, 6.07) is 0. The predicted octanol–water partition coefficient (Wildman–Crippen LogP) is 4.26. The molecule has 144 valence electrons. The molecule has 1 saturated heterocycles. The lowest BCUT2D eigenvalue weighted by Gasteiger charge is -2.42. The van der Waals surface area contributed by atoms with Crippen molar-refractivity contribution in [1.82, 2.24) is 0 Å². The van der Waals surface area contributed by atoms with Crippen molar-refractivity contribution in [1.29, 1.82) is 0 Å². The lowest BCUT2D eigenvalue weighted by molar-refractivity contribution is -0.158. The Morgan fingerprint density at radius 3 is 2.24 bits per heavy atom. The molecule has 0 N–H and O–H groups in total. The maximum Gasteiger partial charge on any atom is 0.303 e. The molecule has 2 fully saturated rings. The molecule has 25 heavy (non-hydrogen) atoms. The zero-order chi connectivity index (χ0) is 19.0. The van der Waals surface area contributed by atoms with E-state index in [2.05, 4.69) is 33.9 Å². The molecule has 0 radical (unpaired) electrons. The number of thioether (sulfide) groups is 1. The lowest BCUT2D eigenvalue weighted by Crippen LogP contribution is -2.48. The van der Waals surface area contributed by atoms with Crippen LogP contribution in [0.5, 0.6) is 0 Å². The molecule has 7 heteroatoms. The topological polar surface area (TPSA) is 61.8 Å². The van der Waals surface area contributed by atoms with Crippen LogP contribution in [-0.4, -0.2) is 42.6 Å². The fourth-order valence-corrected chi connectivity index (χ4v) is 6.73. The normalized spacial score (nSPS) is 32.8. The van der Waals surface area contributed by atoms with Gasteiger partial charge in [0.25, 0.3) is 0 Å². The summed E-state index contributed by atoms with van der Waals surface area (Å²) in [6.07, 6.45) is 3.53. The van der Waals surface area contributed by atoms with E-state index in [1.54, 1.807) is 11.8 Å². The van der Waals surface area contributed by atoms with Crippen LogP contribution in [0.15, 0.2) is 0 Å². The Hall–Kier alpha value is -0.533. The molecule has 0 amide bonds. The number of rotatable bonds is 4. The maximum atomic E-state index is 11.5. The third kappa shape index (κ3) is 4.60. The molecule has 4 atom stereocenters. The number of hydrogen-bond acceptors (Lipinski definition) is 6. The first-order valence-corrected chi connectivity index (χ1v) is 12.9. The molecule has 0 aromatic heterocycles. The molecule has 0 aromatic rings. The van der Waals surface area contributed by atoms with Crippen molar-refractivity contribution >= 4 is 32.0 Å². The predicted molar refractivity (Wildman–Crippen MR) is 102 cm³/mol. The van der Waals surface area contributed by atoms with Crippen molar-refractivity contribution in [2.45, 2.75) is 101 Å². The minimum absolute atomic E-state index is 0.122. The Morgan fingerprint density at radius 1 is 1.12 bits per heavy atom. The molecular weight excluding hydrogens is 356 g/mol. The van der Waals surface area contributed by atoms with Crippen molar-refractivity contribution in [3.63, 3.8) is 0 Å². The van der Waals surface area contributed by atoms with E-state index in [-0.39, 0.29) is 27.8 Å². The maximum absolute atomic E-state index is 11.5. The van der Waals surface area contributed by atoms with Gasteiger partial charge in [0.05, 0.1) is 6.10 Å². The second-order valence-corrected chi connectivity index (χ2v) is 15.0. The molecule has 1 heterocycles. The first kappa shape index (κ1) is 20.8. The highest BCUT2D eigenvalue weighted by atomic mass is 32.2. The first-order chi connectivity index (χ1) is 11.4. The fraction of sp³-hybridized carbons (Fsp3) is 0.889. The van der Waals surface area contributed by atoms with Crippen molar-refractivity contribution in [2.75, 3.05) is 0 Å². The van der Waals surface area contributed by atoms with Gasteiger partial charge >= 0.3 is 11.9 Å². The van der Waals surface area contributed by atoms with Gasteiger partial charge in [-0.05, 0) is 37.4 Å². The van der Waals surface area contributed by atoms with E-state index < -0.39 is 19.9 Å². The molecule has 1 spiro atoms. The summed E-state index contributed by atoms with van der Waals surface area (Å²) >= 11 is 1.64. The highest BCUT2D eigenvalue weighted by Crippen LogP contribution is 2.56. The molecule has 0 aromatic carbocycles. The quantitative estimate of drug-likeness (QED) is 0.530. The second-order valence-electron chi connectivity index (χ2n) is 8.77. The molecular formula is C18H32O5SSi. The highest BCUT2D eigenvalue weighted by Gasteiger charge is 2.57. The Balaban J connectivity index is 2.20. The zero-order valence-corrected chi connectivity index (χ0v) is 18.3. The Kier molecular flexibility index (Phi) is 6.01. The first-order valence-electron chi connectivity index (χ1n) is 9.06. The molecule has 5 nitrogen and oxygen atoms in total. The van der Waals surface area contributed by atoms with Gasteiger partial charge in [0.15, 0.2) is 13.8 Å². The number of ether oxygens (including phenoxy) is 2. The van der Waals surface area contributed by atoms with E-state index in [1.807, 2.05) is 0 Å². The van der Waals surface area contributed by atoms with Gasteiger partial charge in [-0.2, -0.15) is 0 Å². The van der Waals surface area contributed by atoms with E-state index in [0.29, 0.717) is 6.42 Å². The summed E-state index contributed by atoms with van der Waals surface area (Å²) in [6.45, 7) is 14.1. The minimum atomic E-state index is -1.90. The van der Waals surface area contributed by atoms with Crippen molar-refractivity contribution in [2.24, 2.45) is 0 Å². The van der Waals surface area contributed by atoms with Crippen LogP contribution in [0.25, 0.3) is 0 Å². The van der Waals surface area contributed by atoms with Crippen molar-refractivity contribution in [3.05, 3.63) is 0 Å². The van der Waals surface area contributed by atoms with Crippen LogP contribution < -0.4 is 0 Å². The number of hydrogen-bond donors (Lipinski definition) is 0.